The van der Waals surface area contributed by atoms with E-state index < -0.39 is 59.2 Å². The van der Waals surface area contributed by atoms with Gasteiger partial charge in [0.1, 0.15) is 17.9 Å². The number of hydrogen-bond acceptors (Lipinski definition) is 8. The highest BCUT2D eigenvalue weighted by atomic mass is 16.6. The minimum atomic E-state index is -1.19. The van der Waals surface area contributed by atoms with Crippen molar-refractivity contribution in [3.8, 4) is 0 Å². The van der Waals surface area contributed by atoms with E-state index in [-0.39, 0.29) is 12.0 Å². The number of nitrogens with zero attached hydrogens (tertiary/aromatic N) is 1. The normalized spacial score (nSPS) is 21.8. The smallest absolute Gasteiger partial charge is 0.408 e. The van der Waals surface area contributed by atoms with Crippen molar-refractivity contribution >= 4 is 18.0 Å². The zero-order chi connectivity index (χ0) is 23.5. The molecule has 12 heteroatoms. The first-order valence-electron chi connectivity index (χ1n) is 9.67. The Morgan fingerprint density at radius 3 is 2.52 bits per heavy atom. The van der Waals surface area contributed by atoms with Crippen LogP contribution in [0, 0.1) is 6.92 Å². The first kappa shape index (κ1) is 24.1. The number of carbonyl (C=O) groups is 3. The summed E-state index contributed by atoms with van der Waals surface area (Å²) < 4.78 is 16.6. The Kier molecular flexibility index (Phi) is 7.26. The van der Waals surface area contributed by atoms with Gasteiger partial charge < -0.3 is 24.8 Å². The van der Waals surface area contributed by atoms with Gasteiger partial charge in [0.25, 0.3) is 5.56 Å². The van der Waals surface area contributed by atoms with Crippen LogP contribution in [0.25, 0.3) is 0 Å². The lowest BCUT2D eigenvalue weighted by Crippen LogP contribution is -2.52. The van der Waals surface area contributed by atoms with E-state index in [4.69, 9.17) is 14.2 Å². The van der Waals surface area contributed by atoms with Gasteiger partial charge in [-0.2, -0.15) is 0 Å². The zero-order valence-corrected chi connectivity index (χ0v) is 18.3. The fraction of sp³-hybridized carbons (Fsp3) is 0.632. The van der Waals surface area contributed by atoms with Crippen molar-refractivity contribution in [2.45, 2.75) is 71.1 Å². The maximum atomic E-state index is 12.6. The summed E-state index contributed by atoms with van der Waals surface area (Å²) >= 11 is 0. The molecule has 0 radical (unpaired) electrons. The quantitative estimate of drug-likeness (QED) is 0.527. The average molecular weight is 440 g/mol. The van der Waals surface area contributed by atoms with Gasteiger partial charge in [-0.15, -0.1) is 0 Å². The molecule has 4 atom stereocenters. The van der Waals surface area contributed by atoms with Crippen LogP contribution >= 0.6 is 0 Å². The third kappa shape index (κ3) is 6.17. The summed E-state index contributed by atoms with van der Waals surface area (Å²) in [4.78, 5) is 62.5. The molecule has 2 amide bonds. The van der Waals surface area contributed by atoms with E-state index >= 15 is 0 Å². The summed E-state index contributed by atoms with van der Waals surface area (Å²) in [6.45, 7) is 8.04. The highest BCUT2D eigenvalue weighted by Crippen LogP contribution is 2.28. The van der Waals surface area contributed by atoms with Crippen molar-refractivity contribution in [1.29, 1.82) is 0 Å². The Labute approximate surface area is 178 Å². The van der Waals surface area contributed by atoms with Crippen LogP contribution in [0.15, 0.2) is 15.8 Å². The zero-order valence-electron chi connectivity index (χ0n) is 18.3. The molecule has 12 nitrogen and oxygen atoms in total. The number of esters is 1. The lowest BCUT2D eigenvalue weighted by Gasteiger charge is -2.23. The molecule has 0 aliphatic carbocycles. The maximum Gasteiger partial charge on any atom is 0.408 e. The van der Waals surface area contributed by atoms with Crippen LogP contribution in [0.5, 0.6) is 0 Å². The number of aryl methyl sites for hydroxylation is 1. The Hall–Kier alpha value is -3.15. The van der Waals surface area contributed by atoms with E-state index in [1.54, 1.807) is 20.8 Å². The van der Waals surface area contributed by atoms with Crippen LogP contribution in [0.3, 0.4) is 0 Å². The van der Waals surface area contributed by atoms with Crippen LogP contribution in [-0.4, -0.2) is 58.4 Å². The summed E-state index contributed by atoms with van der Waals surface area (Å²) in [6.07, 6.45) is -1.51. The summed E-state index contributed by atoms with van der Waals surface area (Å²) in [6, 6.07) is -1.81. The second kappa shape index (κ2) is 9.33. The Morgan fingerprint density at radius 1 is 1.29 bits per heavy atom. The van der Waals surface area contributed by atoms with E-state index in [9.17, 15) is 24.0 Å². The lowest BCUT2D eigenvalue weighted by molar-refractivity contribution is -0.156. The Morgan fingerprint density at radius 2 is 1.94 bits per heavy atom. The molecule has 1 aromatic heterocycles. The number of ether oxygens (including phenoxy) is 3. The molecule has 3 N–H and O–H groups in total. The SMILES string of the molecule is COC(=O)[C@H]1O[C@@H](n2cc(C)c(=O)[nH]c2=O)C[C@@H]1NC(=O)[C@H](C)NC(=O)OC(C)(C)C. The van der Waals surface area contributed by atoms with Gasteiger partial charge in [-0.1, -0.05) is 0 Å². The molecule has 0 bridgehead atoms. The molecule has 1 saturated heterocycles. The number of hydrogen-bond donors (Lipinski definition) is 3. The lowest BCUT2D eigenvalue weighted by atomic mass is 10.1. The number of nitrogens with one attached hydrogen (secondary N) is 3. The number of rotatable bonds is 5. The predicted octanol–water partition coefficient (Wildman–Crippen LogP) is -0.296. The molecular formula is C19H28N4O8. The Balaban J connectivity index is 2.14. The maximum absolute atomic E-state index is 12.6. The monoisotopic (exact) mass is 440 g/mol. The second-order valence-corrected chi connectivity index (χ2v) is 8.23. The number of aromatic nitrogens is 2. The molecule has 2 heterocycles. The first-order chi connectivity index (χ1) is 14.3. The van der Waals surface area contributed by atoms with Gasteiger partial charge in [0.15, 0.2) is 6.10 Å². The topological polar surface area (TPSA) is 158 Å². The minimum Gasteiger partial charge on any atom is -0.467 e. The van der Waals surface area contributed by atoms with Gasteiger partial charge >= 0.3 is 17.8 Å². The van der Waals surface area contributed by atoms with Crippen LogP contribution < -0.4 is 21.9 Å². The number of methoxy groups -OCH3 is 1. The van der Waals surface area contributed by atoms with Crippen molar-refractivity contribution < 1.29 is 28.6 Å². The van der Waals surface area contributed by atoms with Gasteiger partial charge in [0, 0.05) is 18.2 Å². The number of carbonyl (C=O) groups excluding carboxylic acids is 3. The summed E-state index contributed by atoms with van der Waals surface area (Å²) in [7, 11) is 1.17. The van der Waals surface area contributed by atoms with Gasteiger partial charge in [0.2, 0.25) is 5.91 Å². The molecule has 1 fully saturated rings. The number of aromatic amines is 1. The van der Waals surface area contributed by atoms with Crippen molar-refractivity contribution in [3.05, 3.63) is 32.6 Å². The van der Waals surface area contributed by atoms with E-state index in [2.05, 4.69) is 15.6 Å². The minimum absolute atomic E-state index is 0.0516. The molecule has 1 aliphatic heterocycles. The molecule has 1 aliphatic rings. The van der Waals surface area contributed by atoms with Crippen LogP contribution in [0.1, 0.15) is 45.9 Å². The van der Waals surface area contributed by atoms with Gasteiger partial charge in [0.05, 0.1) is 13.2 Å². The molecule has 0 aromatic carbocycles. The highest BCUT2D eigenvalue weighted by Gasteiger charge is 2.43. The summed E-state index contributed by atoms with van der Waals surface area (Å²) in [5, 5.41) is 5.04. The molecule has 1 aromatic rings. The molecule has 172 valence electrons. The largest absolute Gasteiger partial charge is 0.467 e. The van der Waals surface area contributed by atoms with E-state index in [1.165, 1.54) is 27.2 Å². The number of amides is 2. The molecule has 31 heavy (non-hydrogen) atoms. The highest BCUT2D eigenvalue weighted by molar-refractivity contribution is 5.86. The van der Waals surface area contributed by atoms with Crippen LogP contribution in [0.2, 0.25) is 0 Å². The number of H-pyrrole nitrogens is 1. The van der Waals surface area contributed by atoms with Crippen molar-refractivity contribution in [2.75, 3.05) is 7.11 Å². The van der Waals surface area contributed by atoms with Gasteiger partial charge in [-0.25, -0.2) is 14.4 Å². The Bertz CT molecular complexity index is 961. The van der Waals surface area contributed by atoms with Crippen molar-refractivity contribution in [2.24, 2.45) is 0 Å². The van der Waals surface area contributed by atoms with Crippen molar-refractivity contribution in [1.82, 2.24) is 20.2 Å². The van der Waals surface area contributed by atoms with Gasteiger partial charge in [-0.3, -0.25) is 19.1 Å². The first-order valence-corrected chi connectivity index (χ1v) is 9.67. The number of alkyl carbamates (subject to hydrolysis) is 1. The summed E-state index contributed by atoms with van der Waals surface area (Å²) in [5.74, 6) is -1.33. The van der Waals surface area contributed by atoms with Gasteiger partial charge in [-0.05, 0) is 34.6 Å². The second-order valence-electron chi connectivity index (χ2n) is 8.23. The predicted molar refractivity (Wildman–Crippen MR) is 107 cm³/mol. The standard InChI is InChI=1S/C19H28N4O8/c1-9-8-23(17(27)22-14(9)24)12-7-11(13(30-12)16(26)29-6)21-15(25)10(2)20-18(28)31-19(3,4)5/h8,10-13H,7H2,1-6H3,(H,20,28)(H,21,25)(H,22,24,27)/t10-,11-,12+,13-/m0/s1. The molecule has 0 unspecified atom stereocenters. The molecule has 0 saturated carbocycles. The average Bonchev–Trinajstić information content (AvgIpc) is 3.05. The van der Waals surface area contributed by atoms with E-state index in [1.807, 2.05) is 0 Å². The van der Waals surface area contributed by atoms with Crippen LogP contribution in [-0.2, 0) is 23.8 Å². The summed E-state index contributed by atoms with van der Waals surface area (Å²) in [5.41, 5.74) is -1.70. The molecule has 2 rings (SSSR count). The van der Waals surface area contributed by atoms with Crippen LogP contribution in [0.4, 0.5) is 4.79 Å². The fourth-order valence-electron chi connectivity index (χ4n) is 2.97. The fourth-order valence-corrected chi connectivity index (χ4v) is 2.97. The van der Waals surface area contributed by atoms with E-state index in [0.717, 1.165) is 4.57 Å². The third-order valence-corrected chi connectivity index (χ3v) is 4.47. The van der Waals surface area contributed by atoms with Crippen molar-refractivity contribution in [3.63, 3.8) is 0 Å². The molecule has 0 spiro atoms. The molecular weight excluding hydrogens is 412 g/mol. The van der Waals surface area contributed by atoms with E-state index in [0.29, 0.717) is 0 Å². The third-order valence-electron chi connectivity index (χ3n) is 4.47.